The zero-order chi connectivity index (χ0) is 11.5. The van der Waals surface area contributed by atoms with Gasteiger partial charge in [-0.25, -0.2) is 22.0 Å². The first kappa shape index (κ1) is 12.9. The van der Waals surface area contributed by atoms with Gasteiger partial charge < -0.3 is 0 Å². The van der Waals surface area contributed by atoms with Gasteiger partial charge in [-0.05, 0) is 6.92 Å². The van der Waals surface area contributed by atoms with Gasteiger partial charge in [0.25, 0.3) is 0 Å². The van der Waals surface area contributed by atoms with E-state index in [1.54, 1.807) is 0 Å². The zero-order valence-electron chi connectivity index (χ0n) is 7.89. The molecule has 0 saturated heterocycles. The standard InChI is InChI=1S/C7H3F5.C2H6/c1-2-3(8)5(10)7(12)6(11)4(2)9;1-2/h1H3;1-2H3. The Bertz CT molecular complexity index is 227. The van der Waals surface area contributed by atoms with E-state index in [4.69, 9.17) is 0 Å². The van der Waals surface area contributed by atoms with Gasteiger partial charge in [0.2, 0.25) is 5.82 Å². The second-order valence-corrected chi connectivity index (χ2v) is 2.19. The molecule has 0 aliphatic heterocycles. The first-order valence-electron chi connectivity index (χ1n) is 3.94. The predicted octanol–water partition coefficient (Wildman–Crippen LogP) is 3.72. The van der Waals surface area contributed by atoms with Gasteiger partial charge in [-0.2, -0.15) is 0 Å². The van der Waals surface area contributed by atoms with Gasteiger partial charge in [0.15, 0.2) is 23.3 Å². The van der Waals surface area contributed by atoms with Gasteiger partial charge >= 0.3 is 0 Å². The molecule has 1 aromatic rings. The fourth-order valence-corrected chi connectivity index (χ4v) is 0.715. The van der Waals surface area contributed by atoms with Gasteiger partial charge in [-0.3, -0.25) is 0 Å². The van der Waals surface area contributed by atoms with Crippen LogP contribution in [0.15, 0.2) is 0 Å². The van der Waals surface area contributed by atoms with E-state index in [1.807, 2.05) is 13.8 Å². The first-order chi connectivity index (χ1) is 6.46. The lowest BCUT2D eigenvalue weighted by molar-refractivity contribution is 0.373. The van der Waals surface area contributed by atoms with Crippen molar-refractivity contribution in [1.29, 1.82) is 0 Å². The third-order valence-electron chi connectivity index (χ3n) is 1.43. The summed E-state index contributed by atoms with van der Waals surface area (Å²) in [7, 11) is 0. The highest BCUT2D eigenvalue weighted by molar-refractivity contribution is 5.22. The molecule has 0 spiro atoms. The predicted molar refractivity (Wildman–Crippen MR) is 42.3 cm³/mol. The van der Waals surface area contributed by atoms with Crippen LogP contribution in [0.5, 0.6) is 0 Å². The van der Waals surface area contributed by atoms with Crippen LogP contribution in [0, 0.1) is 36.0 Å². The Kier molecular flexibility index (Phi) is 4.53. The Balaban J connectivity index is 0.000000791. The maximum absolute atomic E-state index is 12.4. The van der Waals surface area contributed by atoms with Crippen LogP contribution in [0.3, 0.4) is 0 Å². The van der Waals surface area contributed by atoms with E-state index < -0.39 is 34.6 Å². The van der Waals surface area contributed by atoms with Gasteiger partial charge in [0, 0.05) is 5.56 Å². The van der Waals surface area contributed by atoms with E-state index in [9.17, 15) is 22.0 Å². The average molecular weight is 212 g/mol. The molecule has 0 N–H and O–H groups in total. The average Bonchev–Trinajstić information content (AvgIpc) is 2.24. The molecule has 1 aromatic carbocycles. The fourth-order valence-electron chi connectivity index (χ4n) is 0.715. The SMILES string of the molecule is CC.Cc1c(F)c(F)c(F)c(F)c1F. The molecule has 0 aliphatic carbocycles. The largest absolute Gasteiger partial charge is 0.203 e. The topological polar surface area (TPSA) is 0 Å². The molecular formula is C9H9F5. The lowest BCUT2D eigenvalue weighted by Crippen LogP contribution is -2.03. The van der Waals surface area contributed by atoms with Gasteiger partial charge in [0.1, 0.15) is 0 Å². The van der Waals surface area contributed by atoms with Crippen molar-refractivity contribution in [1.82, 2.24) is 0 Å². The minimum absolute atomic E-state index is 0.816. The summed E-state index contributed by atoms with van der Waals surface area (Å²) in [6.45, 7) is 4.82. The summed E-state index contributed by atoms with van der Waals surface area (Å²) in [6, 6.07) is 0. The maximum Gasteiger partial charge on any atom is 0.200 e. The molecule has 0 aliphatic rings. The Morgan fingerprint density at radius 3 is 1.07 bits per heavy atom. The normalized spacial score (nSPS) is 9.43. The molecule has 0 radical (unpaired) electrons. The van der Waals surface area contributed by atoms with Crippen LogP contribution in [-0.2, 0) is 0 Å². The van der Waals surface area contributed by atoms with E-state index in [2.05, 4.69) is 0 Å². The van der Waals surface area contributed by atoms with Crippen LogP contribution in [0.1, 0.15) is 19.4 Å². The summed E-state index contributed by atoms with van der Waals surface area (Å²) in [5.41, 5.74) is -0.869. The number of hydrogen-bond acceptors (Lipinski definition) is 0. The Morgan fingerprint density at radius 2 is 0.786 bits per heavy atom. The van der Waals surface area contributed by atoms with E-state index in [0.717, 1.165) is 6.92 Å². The third-order valence-corrected chi connectivity index (χ3v) is 1.43. The molecule has 0 aromatic heterocycles. The molecular weight excluding hydrogens is 203 g/mol. The lowest BCUT2D eigenvalue weighted by atomic mass is 10.2. The summed E-state index contributed by atoms with van der Waals surface area (Å²) in [6.07, 6.45) is 0. The summed E-state index contributed by atoms with van der Waals surface area (Å²) in [4.78, 5) is 0. The highest BCUT2D eigenvalue weighted by atomic mass is 19.2. The minimum atomic E-state index is -2.13. The van der Waals surface area contributed by atoms with Crippen LogP contribution < -0.4 is 0 Å². The molecule has 0 fully saturated rings. The van der Waals surface area contributed by atoms with Gasteiger partial charge in [0.05, 0.1) is 0 Å². The molecule has 0 amide bonds. The zero-order valence-corrected chi connectivity index (χ0v) is 7.89. The summed E-state index contributed by atoms with van der Waals surface area (Å²) in [5.74, 6) is -9.52. The van der Waals surface area contributed by atoms with Crippen molar-refractivity contribution < 1.29 is 22.0 Å². The molecule has 0 saturated carbocycles. The molecule has 0 nitrogen and oxygen atoms in total. The van der Waals surface area contributed by atoms with Gasteiger partial charge in [-0.15, -0.1) is 0 Å². The van der Waals surface area contributed by atoms with Crippen LogP contribution >= 0.6 is 0 Å². The second-order valence-electron chi connectivity index (χ2n) is 2.19. The number of rotatable bonds is 0. The van der Waals surface area contributed by atoms with Crippen molar-refractivity contribution >= 4 is 0 Å². The van der Waals surface area contributed by atoms with Crippen molar-refractivity contribution in [2.75, 3.05) is 0 Å². The lowest BCUT2D eigenvalue weighted by Gasteiger charge is -2.02. The van der Waals surface area contributed by atoms with Crippen molar-refractivity contribution in [2.24, 2.45) is 0 Å². The van der Waals surface area contributed by atoms with Crippen LogP contribution in [0.25, 0.3) is 0 Å². The Hall–Kier alpha value is -1.13. The van der Waals surface area contributed by atoms with Crippen LogP contribution in [-0.4, -0.2) is 0 Å². The first-order valence-corrected chi connectivity index (χ1v) is 3.94. The van der Waals surface area contributed by atoms with Crippen molar-refractivity contribution in [3.63, 3.8) is 0 Å². The van der Waals surface area contributed by atoms with E-state index >= 15 is 0 Å². The minimum Gasteiger partial charge on any atom is -0.203 e. The van der Waals surface area contributed by atoms with E-state index in [1.165, 1.54) is 0 Å². The van der Waals surface area contributed by atoms with Crippen molar-refractivity contribution in [2.45, 2.75) is 20.8 Å². The molecule has 5 heteroatoms. The molecule has 1 rings (SSSR count). The summed E-state index contributed by atoms with van der Waals surface area (Å²) >= 11 is 0. The van der Waals surface area contributed by atoms with Crippen LogP contribution in [0.2, 0.25) is 0 Å². The van der Waals surface area contributed by atoms with Crippen molar-refractivity contribution in [3.05, 3.63) is 34.6 Å². The highest BCUT2D eigenvalue weighted by Gasteiger charge is 2.22. The summed E-state index contributed by atoms with van der Waals surface area (Å²) in [5, 5.41) is 0. The molecule has 0 bridgehead atoms. The monoisotopic (exact) mass is 212 g/mol. The maximum atomic E-state index is 12.4. The van der Waals surface area contributed by atoms with Crippen molar-refractivity contribution in [3.8, 4) is 0 Å². The number of halogens is 5. The highest BCUT2D eigenvalue weighted by Crippen LogP contribution is 2.21. The molecule has 0 atom stereocenters. The molecule has 0 unspecified atom stereocenters. The van der Waals surface area contributed by atoms with E-state index in [0.29, 0.717) is 0 Å². The van der Waals surface area contributed by atoms with Gasteiger partial charge in [-0.1, -0.05) is 13.8 Å². The number of hydrogen-bond donors (Lipinski definition) is 0. The third kappa shape index (κ3) is 2.02. The smallest absolute Gasteiger partial charge is 0.200 e. The Morgan fingerprint density at radius 1 is 0.571 bits per heavy atom. The molecule has 0 heterocycles. The summed E-state index contributed by atoms with van der Waals surface area (Å²) < 4.78 is 61.6. The van der Waals surface area contributed by atoms with Crippen LogP contribution in [0.4, 0.5) is 22.0 Å². The molecule has 80 valence electrons. The fraction of sp³-hybridized carbons (Fsp3) is 0.333. The second kappa shape index (κ2) is 4.93. The molecule has 14 heavy (non-hydrogen) atoms. The Labute approximate surface area is 78.4 Å². The van der Waals surface area contributed by atoms with E-state index in [-0.39, 0.29) is 0 Å². The quantitative estimate of drug-likeness (QED) is 0.349. The number of benzene rings is 1.